The number of aryl methyl sites for hydroxylation is 2. The summed E-state index contributed by atoms with van der Waals surface area (Å²) >= 11 is 0. The molecule has 0 saturated carbocycles. The smallest absolute Gasteiger partial charge is 0.0927 e. The van der Waals surface area contributed by atoms with Crippen molar-refractivity contribution in [1.29, 1.82) is 0 Å². The number of aromatic nitrogens is 2. The van der Waals surface area contributed by atoms with Crippen LogP contribution in [0.2, 0.25) is 0 Å². The zero-order valence-corrected chi connectivity index (χ0v) is 18.0. The molecule has 4 nitrogen and oxygen atoms in total. The number of fused-ring (bicyclic) bond motifs is 2. The maximum absolute atomic E-state index is 11.8. The molecule has 2 bridgehead atoms. The molecule has 0 spiro atoms. The van der Waals surface area contributed by atoms with Crippen LogP contribution in [0.15, 0.2) is 60.7 Å². The molecule has 2 fully saturated rings. The monoisotopic (exact) mass is 401 g/mol. The zero-order chi connectivity index (χ0) is 20.7. The summed E-state index contributed by atoms with van der Waals surface area (Å²) in [6.45, 7) is 5.08. The Bertz CT molecular complexity index is 1010. The Morgan fingerprint density at radius 2 is 1.70 bits per heavy atom. The molecule has 3 heterocycles. The van der Waals surface area contributed by atoms with Gasteiger partial charge in [0.25, 0.3) is 0 Å². The van der Waals surface area contributed by atoms with Gasteiger partial charge < -0.3 is 5.11 Å². The Labute approximate surface area is 179 Å². The van der Waals surface area contributed by atoms with Crippen LogP contribution in [0.3, 0.4) is 0 Å². The van der Waals surface area contributed by atoms with E-state index >= 15 is 0 Å². The second-order valence-corrected chi connectivity index (χ2v) is 9.23. The van der Waals surface area contributed by atoms with Gasteiger partial charge in [-0.05, 0) is 68.9 Å². The van der Waals surface area contributed by atoms with Gasteiger partial charge in [-0.25, -0.2) is 4.68 Å². The molecule has 2 aromatic carbocycles. The lowest BCUT2D eigenvalue weighted by atomic mass is 9.72. The summed E-state index contributed by atoms with van der Waals surface area (Å²) in [5, 5.41) is 16.5. The summed E-state index contributed by atoms with van der Waals surface area (Å²) in [6.07, 6.45) is 5.21. The van der Waals surface area contributed by atoms with Crippen molar-refractivity contribution >= 4 is 0 Å². The summed E-state index contributed by atoms with van der Waals surface area (Å²) in [5.41, 5.74) is 4.79. The van der Waals surface area contributed by atoms with Crippen molar-refractivity contribution in [3.63, 3.8) is 0 Å². The van der Waals surface area contributed by atoms with Gasteiger partial charge in [-0.2, -0.15) is 5.10 Å². The second kappa shape index (κ2) is 7.68. The normalized spacial score (nSPS) is 26.6. The van der Waals surface area contributed by atoms with Gasteiger partial charge in [0, 0.05) is 24.3 Å². The van der Waals surface area contributed by atoms with E-state index in [0.717, 1.165) is 42.0 Å². The lowest BCUT2D eigenvalue weighted by molar-refractivity contribution is -0.0999. The number of aliphatic hydroxyl groups is 1. The first-order chi connectivity index (χ1) is 14.5. The molecule has 2 unspecified atom stereocenters. The SMILES string of the molecule is Cc1cc(C)n(-c2cccc(C3(O)CC4CCCC(C3)N4Cc3ccccc3)c2)n1. The first-order valence-electron chi connectivity index (χ1n) is 11.2. The van der Waals surface area contributed by atoms with E-state index in [0.29, 0.717) is 12.1 Å². The van der Waals surface area contributed by atoms with Gasteiger partial charge >= 0.3 is 0 Å². The quantitative estimate of drug-likeness (QED) is 0.676. The fourth-order valence-electron chi connectivity index (χ4n) is 5.63. The molecule has 1 aromatic heterocycles. The third kappa shape index (κ3) is 3.59. The third-order valence-electron chi connectivity index (χ3n) is 7.00. The summed E-state index contributed by atoms with van der Waals surface area (Å²) in [5.74, 6) is 0. The first-order valence-corrected chi connectivity index (χ1v) is 11.2. The molecular formula is C26H31N3O. The van der Waals surface area contributed by atoms with Gasteiger partial charge in [0.15, 0.2) is 0 Å². The molecule has 30 heavy (non-hydrogen) atoms. The van der Waals surface area contributed by atoms with E-state index in [1.807, 2.05) is 11.6 Å². The highest BCUT2D eigenvalue weighted by Crippen LogP contribution is 2.45. The Morgan fingerprint density at radius 1 is 0.967 bits per heavy atom. The Kier molecular flexibility index (Phi) is 5.00. The van der Waals surface area contributed by atoms with Gasteiger partial charge in [0.2, 0.25) is 0 Å². The van der Waals surface area contributed by atoms with Crippen molar-refractivity contribution in [2.75, 3.05) is 0 Å². The lowest BCUT2D eigenvalue weighted by Crippen LogP contribution is -2.56. The number of hydrogen-bond donors (Lipinski definition) is 1. The Hall–Kier alpha value is -2.43. The minimum atomic E-state index is -0.769. The minimum absolute atomic E-state index is 0.431. The van der Waals surface area contributed by atoms with Gasteiger partial charge in [-0.15, -0.1) is 0 Å². The van der Waals surface area contributed by atoms with Crippen molar-refractivity contribution in [3.8, 4) is 5.69 Å². The second-order valence-electron chi connectivity index (χ2n) is 9.23. The van der Waals surface area contributed by atoms with E-state index < -0.39 is 5.60 Å². The Balaban J connectivity index is 1.42. The minimum Gasteiger partial charge on any atom is -0.385 e. The van der Waals surface area contributed by atoms with Crippen molar-refractivity contribution in [2.24, 2.45) is 0 Å². The highest BCUT2D eigenvalue weighted by Gasteiger charge is 2.46. The fraction of sp³-hybridized carbons (Fsp3) is 0.423. The highest BCUT2D eigenvalue weighted by atomic mass is 16.3. The van der Waals surface area contributed by atoms with Crippen LogP contribution in [0, 0.1) is 13.8 Å². The zero-order valence-electron chi connectivity index (χ0n) is 18.0. The summed E-state index contributed by atoms with van der Waals surface area (Å²) in [7, 11) is 0. The molecule has 2 atom stereocenters. The van der Waals surface area contributed by atoms with Crippen LogP contribution in [-0.2, 0) is 12.1 Å². The van der Waals surface area contributed by atoms with Gasteiger partial charge in [0.05, 0.1) is 17.0 Å². The fourth-order valence-corrected chi connectivity index (χ4v) is 5.63. The van der Waals surface area contributed by atoms with E-state index in [1.54, 1.807) is 0 Å². The molecule has 2 aliphatic rings. The van der Waals surface area contributed by atoms with Crippen LogP contribution in [0.1, 0.15) is 54.6 Å². The van der Waals surface area contributed by atoms with Crippen molar-refractivity contribution < 1.29 is 5.11 Å². The van der Waals surface area contributed by atoms with Gasteiger partial charge in [-0.1, -0.05) is 48.9 Å². The van der Waals surface area contributed by atoms with Crippen molar-refractivity contribution in [1.82, 2.24) is 14.7 Å². The number of benzene rings is 2. The summed E-state index contributed by atoms with van der Waals surface area (Å²) in [4.78, 5) is 2.65. The molecule has 4 heteroatoms. The van der Waals surface area contributed by atoms with E-state index in [2.05, 4.69) is 77.6 Å². The van der Waals surface area contributed by atoms with Crippen LogP contribution in [0.4, 0.5) is 0 Å². The molecule has 0 radical (unpaired) electrons. The highest BCUT2D eigenvalue weighted by molar-refractivity contribution is 5.40. The third-order valence-corrected chi connectivity index (χ3v) is 7.00. The van der Waals surface area contributed by atoms with Gasteiger partial charge in [0.1, 0.15) is 0 Å². The van der Waals surface area contributed by atoms with Gasteiger partial charge in [-0.3, -0.25) is 4.90 Å². The maximum Gasteiger partial charge on any atom is 0.0927 e. The van der Waals surface area contributed by atoms with Crippen LogP contribution in [0.25, 0.3) is 5.69 Å². The maximum atomic E-state index is 11.8. The molecule has 3 aromatic rings. The molecule has 1 N–H and O–H groups in total. The molecular weight excluding hydrogens is 370 g/mol. The number of hydrogen-bond acceptors (Lipinski definition) is 3. The average molecular weight is 402 g/mol. The summed E-state index contributed by atoms with van der Waals surface area (Å²) < 4.78 is 1.98. The Morgan fingerprint density at radius 3 is 2.37 bits per heavy atom. The van der Waals surface area contributed by atoms with E-state index in [-0.39, 0.29) is 0 Å². The van der Waals surface area contributed by atoms with E-state index in [4.69, 9.17) is 0 Å². The van der Waals surface area contributed by atoms with Crippen molar-refractivity contribution in [2.45, 2.75) is 70.2 Å². The molecule has 2 aliphatic heterocycles. The van der Waals surface area contributed by atoms with Crippen LogP contribution < -0.4 is 0 Å². The number of rotatable bonds is 4. The summed E-state index contributed by atoms with van der Waals surface area (Å²) in [6, 6.07) is 22.1. The lowest BCUT2D eigenvalue weighted by Gasteiger charge is -2.52. The van der Waals surface area contributed by atoms with E-state index in [1.165, 1.54) is 24.8 Å². The number of nitrogens with zero attached hydrogens (tertiary/aromatic N) is 3. The first kappa shape index (κ1) is 19.5. The molecule has 0 amide bonds. The van der Waals surface area contributed by atoms with Crippen molar-refractivity contribution in [3.05, 3.63) is 83.2 Å². The predicted molar refractivity (Wildman–Crippen MR) is 120 cm³/mol. The van der Waals surface area contributed by atoms with E-state index in [9.17, 15) is 5.11 Å². The largest absolute Gasteiger partial charge is 0.385 e. The predicted octanol–water partition coefficient (Wildman–Crippen LogP) is 4.89. The van der Waals surface area contributed by atoms with Crippen LogP contribution in [-0.4, -0.2) is 31.9 Å². The van der Waals surface area contributed by atoms with Crippen LogP contribution >= 0.6 is 0 Å². The average Bonchev–Trinajstić information content (AvgIpc) is 3.08. The standard InChI is InChI=1S/C26H31N3O/c1-19-14-20(2)29(27-19)23-11-6-10-22(15-23)26(30)16-24-12-7-13-25(17-26)28(24)18-21-8-4-3-5-9-21/h3-6,8-11,14-15,24-25,30H,7,12-13,16-18H2,1-2H3. The number of piperidine rings is 2. The molecule has 5 rings (SSSR count). The molecule has 0 aliphatic carbocycles. The molecule has 156 valence electrons. The topological polar surface area (TPSA) is 41.3 Å². The molecule has 2 saturated heterocycles. The van der Waals surface area contributed by atoms with Crippen LogP contribution in [0.5, 0.6) is 0 Å².